The summed E-state index contributed by atoms with van der Waals surface area (Å²) in [5.41, 5.74) is 3.13. The van der Waals surface area contributed by atoms with E-state index in [2.05, 4.69) is 68.8 Å². The van der Waals surface area contributed by atoms with Crippen LogP contribution in [0.2, 0.25) is 0 Å². The quantitative estimate of drug-likeness (QED) is 0.105. The Morgan fingerprint density at radius 3 is 1.67 bits per heavy atom. The average Bonchev–Trinajstić information content (AvgIpc) is 3.69. The fourth-order valence-corrected chi connectivity index (χ4v) is 8.25. The van der Waals surface area contributed by atoms with Crippen molar-refractivity contribution in [1.82, 2.24) is 9.38 Å². The summed E-state index contributed by atoms with van der Waals surface area (Å²) in [5.74, 6) is 0.964. The Morgan fingerprint density at radius 1 is 0.646 bits per heavy atom. The maximum atomic E-state index is 6.37. The highest BCUT2D eigenvalue weighted by molar-refractivity contribution is 7.17. The number of unbranched alkanes of at least 4 members (excludes halogenated alkanes) is 14. The van der Waals surface area contributed by atoms with Crippen LogP contribution >= 0.6 is 11.3 Å². The molecular formula is C41H64N2O4S. The Bertz CT molecular complexity index is 1270. The second kappa shape index (κ2) is 20.2. The SMILES string of the molecule is CCCCCCCCCC[C@@H]1CO[C@@H](c2ccc(-c3cn4cc([C@@H]5OC[C@@H](CCCCCCCCCC)C(C)O5)sc4n3)cc2)OC1C. The van der Waals surface area contributed by atoms with Crippen molar-refractivity contribution in [2.45, 2.75) is 168 Å². The summed E-state index contributed by atoms with van der Waals surface area (Å²) in [6.07, 6.45) is 28.1. The molecule has 0 spiro atoms. The summed E-state index contributed by atoms with van der Waals surface area (Å²) in [6.45, 7) is 10.5. The van der Waals surface area contributed by atoms with Crippen LogP contribution in [-0.2, 0) is 18.9 Å². The number of ether oxygens (including phenoxy) is 4. The Morgan fingerprint density at radius 2 is 1.15 bits per heavy atom. The monoisotopic (exact) mass is 680 g/mol. The van der Waals surface area contributed by atoms with Gasteiger partial charge in [-0.05, 0) is 26.7 Å². The van der Waals surface area contributed by atoms with E-state index in [-0.39, 0.29) is 24.8 Å². The minimum atomic E-state index is -0.304. The van der Waals surface area contributed by atoms with Crippen molar-refractivity contribution in [2.24, 2.45) is 11.8 Å². The van der Waals surface area contributed by atoms with Crippen LogP contribution in [0.4, 0.5) is 0 Å². The Balaban J connectivity index is 1.03. The molecule has 6 nitrogen and oxygen atoms in total. The second-order valence-electron chi connectivity index (χ2n) is 14.6. The van der Waals surface area contributed by atoms with Crippen molar-refractivity contribution in [3.05, 3.63) is 47.1 Å². The lowest BCUT2D eigenvalue weighted by molar-refractivity contribution is -0.237. The molecule has 0 amide bonds. The molecule has 268 valence electrons. The molecule has 4 heterocycles. The topological polar surface area (TPSA) is 54.2 Å². The van der Waals surface area contributed by atoms with Gasteiger partial charge >= 0.3 is 0 Å². The van der Waals surface area contributed by atoms with E-state index >= 15 is 0 Å². The Labute approximate surface area is 295 Å². The fourth-order valence-electron chi connectivity index (χ4n) is 7.30. The van der Waals surface area contributed by atoms with E-state index in [9.17, 15) is 0 Å². The summed E-state index contributed by atoms with van der Waals surface area (Å²) < 4.78 is 27.3. The second-order valence-corrected chi connectivity index (χ2v) is 15.7. The molecule has 5 rings (SSSR count). The van der Waals surface area contributed by atoms with Gasteiger partial charge in [-0.3, -0.25) is 4.40 Å². The van der Waals surface area contributed by atoms with Gasteiger partial charge in [0.05, 0.1) is 36.0 Å². The van der Waals surface area contributed by atoms with Gasteiger partial charge in [0.2, 0.25) is 0 Å². The molecular weight excluding hydrogens is 617 g/mol. The molecule has 2 aromatic heterocycles. The zero-order chi connectivity index (χ0) is 33.6. The molecule has 2 aliphatic heterocycles. The predicted molar refractivity (Wildman–Crippen MR) is 198 cm³/mol. The molecule has 2 unspecified atom stereocenters. The van der Waals surface area contributed by atoms with Gasteiger partial charge in [-0.1, -0.05) is 152 Å². The minimum absolute atomic E-state index is 0.206. The van der Waals surface area contributed by atoms with Crippen molar-refractivity contribution >= 4 is 16.3 Å². The van der Waals surface area contributed by atoms with Crippen LogP contribution in [0.15, 0.2) is 36.7 Å². The van der Waals surface area contributed by atoms with E-state index in [0.717, 1.165) is 39.9 Å². The van der Waals surface area contributed by atoms with E-state index in [4.69, 9.17) is 23.9 Å². The van der Waals surface area contributed by atoms with Crippen LogP contribution in [-0.4, -0.2) is 34.8 Å². The van der Waals surface area contributed by atoms with Crippen LogP contribution in [0.3, 0.4) is 0 Å². The first-order chi connectivity index (χ1) is 23.6. The smallest absolute Gasteiger partial charge is 0.194 e. The predicted octanol–water partition coefficient (Wildman–Crippen LogP) is 12.2. The van der Waals surface area contributed by atoms with Crippen molar-refractivity contribution in [1.29, 1.82) is 0 Å². The molecule has 0 saturated carbocycles. The van der Waals surface area contributed by atoms with Gasteiger partial charge in [-0.2, -0.15) is 0 Å². The molecule has 1 aromatic carbocycles. The number of hydrogen-bond donors (Lipinski definition) is 0. The molecule has 3 aromatic rings. The highest BCUT2D eigenvalue weighted by Crippen LogP contribution is 2.37. The van der Waals surface area contributed by atoms with Gasteiger partial charge in [-0.25, -0.2) is 4.98 Å². The third-order valence-corrected chi connectivity index (χ3v) is 11.7. The summed E-state index contributed by atoms with van der Waals surface area (Å²) in [4.78, 5) is 6.99. The normalized spacial score (nSPS) is 24.8. The maximum absolute atomic E-state index is 6.37. The van der Waals surface area contributed by atoms with Gasteiger partial charge in [0.25, 0.3) is 0 Å². The molecule has 7 heteroatoms. The molecule has 0 N–H and O–H groups in total. The van der Waals surface area contributed by atoms with Crippen LogP contribution in [0.25, 0.3) is 16.2 Å². The molecule has 2 fully saturated rings. The van der Waals surface area contributed by atoms with Crippen LogP contribution in [0, 0.1) is 11.8 Å². The highest BCUT2D eigenvalue weighted by Gasteiger charge is 2.31. The number of nitrogens with zero attached hydrogens (tertiary/aromatic N) is 2. The Kier molecular flexibility index (Phi) is 15.8. The average molecular weight is 681 g/mol. The zero-order valence-corrected chi connectivity index (χ0v) is 31.3. The van der Waals surface area contributed by atoms with Gasteiger partial charge in [0, 0.05) is 35.4 Å². The largest absolute Gasteiger partial charge is 0.348 e. The minimum Gasteiger partial charge on any atom is -0.348 e. The van der Waals surface area contributed by atoms with E-state index < -0.39 is 0 Å². The third kappa shape index (κ3) is 11.1. The maximum Gasteiger partial charge on any atom is 0.194 e. The van der Waals surface area contributed by atoms with Gasteiger partial charge in [0.1, 0.15) is 0 Å². The van der Waals surface area contributed by atoms with E-state index in [0.29, 0.717) is 11.8 Å². The molecule has 0 radical (unpaired) electrons. The molecule has 6 atom stereocenters. The van der Waals surface area contributed by atoms with Crippen molar-refractivity contribution in [3.8, 4) is 11.3 Å². The fraction of sp³-hybridized carbons (Fsp3) is 0.732. The number of aromatic nitrogens is 2. The first-order valence-corrected chi connectivity index (χ1v) is 20.5. The molecule has 2 saturated heterocycles. The van der Waals surface area contributed by atoms with E-state index in [1.807, 2.05) is 0 Å². The number of fused-ring (bicyclic) bond motifs is 1. The van der Waals surface area contributed by atoms with Crippen molar-refractivity contribution in [2.75, 3.05) is 13.2 Å². The summed E-state index contributed by atoms with van der Waals surface area (Å²) in [6, 6.07) is 8.52. The number of hydrogen-bond acceptors (Lipinski definition) is 6. The number of thiazole rings is 1. The summed E-state index contributed by atoms with van der Waals surface area (Å²) >= 11 is 1.65. The van der Waals surface area contributed by atoms with Gasteiger partial charge in [0.15, 0.2) is 17.5 Å². The third-order valence-electron chi connectivity index (χ3n) is 10.7. The molecule has 2 aliphatic rings. The number of rotatable bonds is 21. The highest BCUT2D eigenvalue weighted by atomic mass is 32.1. The first-order valence-electron chi connectivity index (χ1n) is 19.7. The van der Waals surface area contributed by atoms with Crippen molar-refractivity contribution in [3.63, 3.8) is 0 Å². The van der Waals surface area contributed by atoms with E-state index in [1.165, 1.54) is 116 Å². The summed E-state index contributed by atoms with van der Waals surface area (Å²) in [5, 5.41) is 0. The van der Waals surface area contributed by atoms with Crippen molar-refractivity contribution < 1.29 is 18.9 Å². The van der Waals surface area contributed by atoms with Crippen LogP contribution in [0.5, 0.6) is 0 Å². The zero-order valence-electron chi connectivity index (χ0n) is 30.5. The lowest BCUT2D eigenvalue weighted by Crippen LogP contribution is -2.34. The molecule has 0 aliphatic carbocycles. The van der Waals surface area contributed by atoms with Gasteiger partial charge < -0.3 is 18.9 Å². The molecule has 48 heavy (non-hydrogen) atoms. The summed E-state index contributed by atoms with van der Waals surface area (Å²) in [7, 11) is 0. The lowest BCUT2D eigenvalue weighted by Gasteiger charge is -2.35. The number of benzene rings is 1. The van der Waals surface area contributed by atoms with Gasteiger partial charge in [-0.15, -0.1) is 0 Å². The van der Waals surface area contributed by atoms with Crippen LogP contribution in [0.1, 0.15) is 166 Å². The standard InChI is InChI=1S/C41H64N2O4S/c1-5-7-9-11-13-15-17-19-21-35-29-44-39(46-31(35)3)34-25-23-33(24-26-34)37-27-43-28-38(48-41(43)42-37)40-45-30-36(32(4)47-40)22-20-18-16-14-12-10-8-6-2/h23-28,31-32,35-36,39-40H,5-22,29-30H2,1-4H3/t31?,32?,35-,36-,39-,40-/m1/s1. The number of imidazole rings is 1. The first kappa shape index (κ1) is 37.5. The Hall–Kier alpha value is -1.77. The molecule has 0 bridgehead atoms. The van der Waals surface area contributed by atoms with E-state index in [1.54, 1.807) is 11.3 Å². The lowest BCUT2D eigenvalue weighted by atomic mass is 9.95. The van der Waals surface area contributed by atoms with Crippen LogP contribution < -0.4 is 0 Å².